The lowest BCUT2D eigenvalue weighted by Gasteiger charge is -1.95. The predicted molar refractivity (Wildman–Crippen MR) is 48.5 cm³/mol. The first kappa shape index (κ1) is 7.98. The minimum absolute atomic E-state index is 0.752. The van der Waals surface area contributed by atoms with Crippen LogP contribution in [-0.2, 0) is 6.42 Å². The average Bonchev–Trinajstić information content (AvgIpc) is 2.18. The minimum atomic E-state index is 0.752. The van der Waals surface area contributed by atoms with Gasteiger partial charge in [0.25, 0.3) is 5.52 Å². The van der Waals surface area contributed by atoms with Gasteiger partial charge in [0.1, 0.15) is 5.52 Å². The summed E-state index contributed by atoms with van der Waals surface area (Å²) in [4.78, 5) is 4.23. The summed E-state index contributed by atoms with van der Waals surface area (Å²) in [5, 5.41) is 9.47. The summed E-state index contributed by atoms with van der Waals surface area (Å²) >= 11 is 0. The highest BCUT2D eigenvalue weighted by Gasteiger charge is 2.07. The second kappa shape index (κ2) is 3.01. The van der Waals surface area contributed by atoms with Gasteiger partial charge < -0.3 is 0 Å². The third-order valence-corrected chi connectivity index (χ3v) is 2.09. The molecule has 1 N–H and O–H groups in total. The van der Waals surface area contributed by atoms with Crippen LogP contribution in [0.3, 0.4) is 0 Å². The zero-order valence-corrected chi connectivity index (χ0v) is 7.44. The fraction of sp³-hybridized carbons (Fsp3) is 0.200. The molecular weight excluding hydrogens is 164 g/mol. The summed E-state index contributed by atoms with van der Waals surface area (Å²) in [5.41, 5.74) is 2.69. The Morgan fingerprint density at radius 3 is 3.15 bits per heavy atom. The quantitative estimate of drug-likeness (QED) is 0.524. The number of pyridine rings is 2. The normalized spacial score (nSPS) is 10.5. The second-order valence-corrected chi connectivity index (χ2v) is 2.95. The largest absolute Gasteiger partial charge is 0.284 e. The third kappa shape index (κ3) is 1.33. The van der Waals surface area contributed by atoms with E-state index in [0.717, 1.165) is 27.7 Å². The van der Waals surface area contributed by atoms with Crippen LogP contribution in [0.15, 0.2) is 30.6 Å². The van der Waals surface area contributed by atoms with Crippen molar-refractivity contribution in [1.82, 2.24) is 4.98 Å². The van der Waals surface area contributed by atoms with Crippen molar-refractivity contribution >= 4 is 11.0 Å². The maximum absolute atomic E-state index is 9.47. The Morgan fingerprint density at radius 2 is 2.38 bits per heavy atom. The van der Waals surface area contributed by atoms with E-state index in [-0.39, 0.29) is 0 Å². The smallest absolute Gasteiger partial charge is 0.282 e. The van der Waals surface area contributed by atoms with E-state index in [9.17, 15) is 5.21 Å². The molecule has 0 amide bonds. The van der Waals surface area contributed by atoms with E-state index in [1.807, 2.05) is 18.3 Å². The molecule has 3 heteroatoms. The van der Waals surface area contributed by atoms with E-state index in [4.69, 9.17) is 0 Å². The molecule has 0 aliphatic carbocycles. The van der Waals surface area contributed by atoms with Crippen LogP contribution >= 0.6 is 0 Å². The number of aromatic nitrogens is 2. The molecule has 0 unspecified atom stereocenters. The molecule has 66 valence electrons. The molecule has 2 aromatic rings. The third-order valence-electron chi connectivity index (χ3n) is 2.09. The molecule has 0 aromatic carbocycles. The molecule has 0 saturated carbocycles. The van der Waals surface area contributed by atoms with E-state index >= 15 is 0 Å². The Kier molecular flexibility index (Phi) is 1.85. The van der Waals surface area contributed by atoms with Crippen molar-refractivity contribution in [2.24, 2.45) is 0 Å². The number of fused-ring (bicyclic) bond motifs is 1. The maximum Gasteiger partial charge on any atom is 0.282 e. The molecular formula is C10H11N2O+. The fourth-order valence-electron chi connectivity index (χ4n) is 1.31. The van der Waals surface area contributed by atoms with Gasteiger partial charge in [-0.3, -0.25) is 5.21 Å². The van der Waals surface area contributed by atoms with Crippen molar-refractivity contribution in [2.75, 3.05) is 0 Å². The Balaban J connectivity index is 2.74. The summed E-state index contributed by atoms with van der Waals surface area (Å²) in [5.74, 6) is 0. The van der Waals surface area contributed by atoms with Crippen molar-refractivity contribution in [1.29, 1.82) is 0 Å². The number of hydrogen-bond donors (Lipinski definition) is 1. The number of hydrogen-bond acceptors (Lipinski definition) is 2. The highest BCUT2D eigenvalue weighted by molar-refractivity contribution is 5.70. The van der Waals surface area contributed by atoms with Gasteiger partial charge in [-0.05, 0) is 18.1 Å². The van der Waals surface area contributed by atoms with Gasteiger partial charge in [0.15, 0.2) is 0 Å². The molecule has 2 aromatic heterocycles. The summed E-state index contributed by atoms with van der Waals surface area (Å²) in [6, 6.07) is 5.59. The van der Waals surface area contributed by atoms with E-state index < -0.39 is 0 Å². The highest BCUT2D eigenvalue weighted by Crippen LogP contribution is 2.08. The fourth-order valence-corrected chi connectivity index (χ4v) is 1.31. The molecule has 0 aliphatic heterocycles. The average molecular weight is 175 g/mol. The van der Waals surface area contributed by atoms with Crippen LogP contribution < -0.4 is 4.73 Å². The van der Waals surface area contributed by atoms with Crippen LogP contribution in [0, 0.1) is 0 Å². The number of rotatable bonds is 1. The summed E-state index contributed by atoms with van der Waals surface area (Å²) in [6.45, 7) is 2.06. The lowest BCUT2D eigenvalue weighted by atomic mass is 10.2. The van der Waals surface area contributed by atoms with Crippen LogP contribution in [0.4, 0.5) is 0 Å². The molecule has 2 heterocycles. The van der Waals surface area contributed by atoms with Gasteiger partial charge in [0.2, 0.25) is 6.20 Å². The summed E-state index contributed by atoms with van der Waals surface area (Å²) < 4.78 is 1.10. The van der Waals surface area contributed by atoms with Crippen molar-refractivity contribution in [3.63, 3.8) is 0 Å². The van der Waals surface area contributed by atoms with Crippen LogP contribution in [0.5, 0.6) is 0 Å². The zero-order chi connectivity index (χ0) is 9.26. The Hall–Kier alpha value is -1.64. The first-order valence-corrected chi connectivity index (χ1v) is 4.30. The van der Waals surface area contributed by atoms with Gasteiger partial charge >= 0.3 is 0 Å². The Morgan fingerprint density at radius 1 is 1.54 bits per heavy atom. The zero-order valence-electron chi connectivity index (χ0n) is 7.44. The monoisotopic (exact) mass is 175 g/mol. The molecule has 0 spiro atoms. The van der Waals surface area contributed by atoms with E-state index in [1.165, 1.54) is 0 Å². The highest BCUT2D eigenvalue weighted by atomic mass is 16.5. The second-order valence-electron chi connectivity index (χ2n) is 2.95. The predicted octanol–water partition coefficient (Wildman–Crippen LogP) is 1.32. The van der Waals surface area contributed by atoms with Gasteiger partial charge in [-0.15, -0.1) is 0 Å². The molecule has 3 nitrogen and oxygen atoms in total. The number of aryl methyl sites for hydroxylation is 1. The first-order chi connectivity index (χ1) is 6.31. The van der Waals surface area contributed by atoms with Crippen LogP contribution in [0.2, 0.25) is 0 Å². The lowest BCUT2D eigenvalue weighted by molar-refractivity contribution is -0.884. The Bertz CT molecular complexity index is 440. The molecule has 0 saturated heterocycles. The summed E-state index contributed by atoms with van der Waals surface area (Å²) in [6.07, 6.45) is 4.36. The standard InChI is InChI=1S/C10H11N2O/c1-2-8-6-10-9(11-7-8)4-3-5-12(10)13/h3-7,13H,2H2,1H3/q+1. The van der Waals surface area contributed by atoms with Crippen molar-refractivity contribution in [3.8, 4) is 0 Å². The van der Waals surface area contributed by atoms with Crippen molar-refractivity contribution in [2.45, 2.75) is 13.3 Å². The van der Waals surface area contributed by atoms with Crippen molar-refractivity contribution < 1.29 is 9.94 Å². The summed E-state index contributed by atoms with van der Waals surface area (Å²) in [7, 11) is 0. The number of nitrogens with zero attached hydrogens (tertiary/aromatic N) is 2. The van der Waals surface area contributed by atoms with Gasteiger partial charge in [-0.1, -0.05) is 6.92 Å². The molecule has 0 fully saturated rings. The van der Waals surface area contributed by atoms with E-state index in [0.29, 0.717) is 0 Å². The Labute approximate surface area is 76.2 Å². The molecule has 0 bridgehead atoms. The SMILES string of the molecule is CCc1cnc2ccc[n+](O)c2c1. The van der Waals surface area contributed by atoms with Gasteiger partial charge in [0, 0.05) is 23.1 Å². The molecule has 13 heavy (non-hydrogen) atoms. The van der Waals surface area contributed by atoms with E-state index in [1.54, 1.807) is 12.3 Å². The van der Waals surface area contributed by atoms with Gasteiger partial charge in [0.05, 0.1) is 0 Å². The van der Waals surface area contributed by atoms with Crippen LogP contribution in [0.1, 0.15) is 12.5 Å². The van der Waals surface area contributed by atoms with Gasteiger partial charge in [-0.25, -0.2) is 4.98 Å². The van der Waals surface area contributed by atoms with E-state index in [2.05, 4.69) is 11.9 Å². The van der Waals surface area contributed by atoms with Crippen LogP contribution in [-0.4, -0.2) is 10.2 Å². The molecule has 0 atom stereocenters. The van der Waals surface area contributed by atoms with Crippen molar-refractivity contribution in [3.05, 3.63) is 36.2 Å². The molecule has 0 radical (unpaired) electrons. The van der Waals surface area contributed by atoms with Crippen LogP contribution in [0.25, 0.3) is 11.0 Å². The maximum atomic E-state index is 9.47. The first-order valence-electron chi connectivity index (χ1n) is 4.30. The topological polar surface area (TPSA) is 37.0 Å². The van der Waals surface area contributed by atoms with Gasteiger partial charge in [-0.2, -0.15) is 0 Å². The molecule has 2 rings (SSSR count). The molecule has 0 aliphatic rings. The minimum Gasteiger partial charge on any atom is -0.284 e. The lowest BCUT2D eigenvalue weighted by Crippen LogP contribution is -2.30.